The number of hydrogen-bond acceptors (Lipinski definition) is 1. The van der Waals surface area contributed by atoms with E-state index in [2.05, 4.69) is 68.0 Å². The summed E-state index contributed by atoms with van der Waals surface area (Å²) >= 11 is 0. The molecule has 0 saturated heterocycles. The fourth-order valence-electron chi connectivity index (χ4n) is 2.34. The van der Waals surface area contributed by atoms with E-state index in [4.69, 9.17) is 0 Å². The summed E-state index contributed by atoms with van der Waals surface area (Å²) in [6.07, 6.45) is 2.21. The SMILES string of the molecule is CC(C)Cn1ccc2cccc(CNC(C)C)c21. The van der Waals surface area contributed by atoms with Crippen molar-refractivity contribution < 1.29 is 0 Å². The van der Waals surface area contributed by atoms with Crippen LogP contribution in [0.2, 0.25) is 0 Å². The second kappa shape index (κ2) is 5.57. The monoisotopic (exact) mass is 244 g/mol. The molecule has 0 radical (unpaired) electrons. The van der Waals surface area contributed by atoms with Crippen LogP contribution in [-0.4, -0.2) is 10.6 Å². The molecule has 1 aromatic heterocycles. The Hall–Kier alpha value is -1.28. The van der Waals surface area contributed by atoms with Crippen LogP contribution in [0.4, 0.5) is 0 Å². The number of nitrogens with zero attached hydrogens (tertiary/aromatic N) is 1. The number of benzene rings is 1. The van der Waals surface area contributed by atoms with Crippen molar-refractivity contribution in [2.75, 3.05) is 0 Å². The van der Waals surface area contributed by atoms with E-state index in [0.717, 1.165) is 13.1 Å². The molecule has 18 heavy (non-hydrogen) atoms. The van der Waals surface area contributed by atoms with Crippen LogP contribution >= 0.6 is 0 Å². The predicted molar refractivity (Wildman–Crippen MR) is 78.8 cm³/mol. The summed E-state index contributed by atoms with van der Waals surface area (Å²) in [5, 5.41) is 4.86. The topological polar surface area (TPSA) is 17.0 Å². The van der Waals surface area contributed by atoms with E-state index in [1.54, 1.807) is 0 Å². The van der Waals surface area contributed by atoms with Gasteiger partial charge in [-0.05, 0) is 22.9 Å². The van der Waals surface area contributed by atoms with E-state index in [0.29, 0.717) is 12.0 Å². The minimum absolute atomic E-state index is 0.522. The van der Waals surface area contributed by atoms with Crippen molar-refractivity contribution in [2.45, 2.75) is 46.8 Å². The summed E-state index contributed by atoms with van der Waals surface area (Å²) in [6.45, 7) is 10.9. The lowest BCUT2D eigenvalue weighted by atomic mass is 10.1. The molecule has 0 atom stereocenters. The maximum atomic E-state index is 3.51. The number of aromatic nitrogens is 1. The van der Waals surface area contributed by atoms with Gasteiger partial charge in [0, 0.05) is 25.3 Å². The summed E-state index contributed by atoms with van der Waals surface area (Å²) in [4.78, 5) is 0. The first kappa shape index (κ1) is 13.2. The quantitative estimate of drug-likeness (QED) is 0.846. The zero-order valence-electron chi connectivity index (χ0n) is 11.9. The van der Waals surface area contributed by atoms with Gasteiger partial charge in [0.25, 0.3) is 0 Å². The molecule has 0 unspecified atom stereocenters. The molecule has 0 amide bonds. The van der Waals surface area contributed by atoms with Gasteiger partial charge in [0.15, 0.2) is 0 Å². The number of fused-ring (bicyclic) bond motifs is 1. The van der Waals surface area contributed by atoms with E-state index >= 15 is 0 Å². The fraction of sp³-hybridized carbons (Fsp3) is 0.500. The Morgan fingerprint density at radius 3 is 2.56 bits per heavy atom. The van der Waals surface area contributed by atoms with E-state index < -0.39 is 0 Å². The van der Waals surface area contributed by atoms with Crippen LogP contribution in [-0.2, 0) is 13.1 Å². The zero-order chi connectivity index (χ0) is 13.1. The van der Waals surface area contributed by atoms with E-state index in [1.165, 1.54) is 16.5 Å². The normalized spacial score (nSPS) is 11.9. The molecule has 0 spiro atoms. The van der Waals surface area contributed by atoms with Gasteiger partial charge in [-0.1, -0.05) is 45.9 Å². The van der Waals surface area contributed by atoms with Gasteiger partial charge in [-0.3, -0.25) is 0 Å². The molecule has 2 aromatic rings. The highest BCUT2D eigenvalue weighted by molar-refractivity contribution is 5.83. The van der Waals surface area contributed by atoms with Crippen LogP contribution in [0.1, 0.15) is 33.3 Å². The maximum Gasteiger partial charge on any atom is 0.0525 e. The second-order valence-electron chi connectivity index (χ2n) is 5.75. The van der Waals surface area contributed by atoms with Gasteiger partial charge < -0.3 is 9.88 Å². The summed E-state index contributed by atoms with van der Waals surface area (Å²) in [5.74, 6) is 0.673. The highest BCUT2D eigenvalue weighted by Crippen LogP contribution is 2.21. The Balaban J connectivity index is 2.35. The minimum atomic E-state index is 0.522. The average Bonchev–Trinajstić information content (AvgIpc) is 2.69. The van der Waals surface area contributed by atoms with E-state index in [-0.39, 0.29) is 0 Å². The first-order valence-corrected chi connectivity index (χ1v) is 6.88. The first-order valence-electron chi connectivity index (χ1n) is 6.88. The Kier molecular flexibility index (Phi) is 4.07. The molecule has 0 bridgehead atoms. The first-order chi connectivity index (χ1) is 8.58. The Bertz CT molecular complexity index is 509. The van der Waals surface area contributed by atoms with Crippen LogP contribution in [0.15, 0.2) is 30.5 Å². The van der Waals surface area contributed by atoms with Gasteiger partial charge in [-0.25, -0.2) is 0 Å². The molecular weight excluding hydrogens is 220 g/mol. The molecular formula is C16H24N2. The Labute approximate surface area is 110 Å². The van der Waals surface area contributed by atoms with Gasteiger partial charge >= 0.3 is 0 Å². The predicted octanol–water partition coefficient (Wildman–Crippen LogP) is 3.80. The van der Waals surface area contributed by atoms with Crippen molar-refractivity contribution in [3.63, 3.8) is 0 Å². The van der Waals surface area contributed by atoms with Gasteiger partial charge in [0.1, 0.15) is 0 Å². The third-order valence-corrected chi connectivity index (χ3v) is 3.13. The molecule has 0 aliphatic carbocycles. The largest absolute Gasteiger partial charge is 0.347 e. The highest BCUT2D eigenvalue weighted by atomic mass is 15.0. The third-order valence-electron chi connectivity index (χ3n) is 3.13. The lowest BCUT2D eigenvalue weighted by Gasteiger charge is -2.13. The molecule has 0 fully saturated rings. The molecule has 98 valence electrons. The Morgan fingerprint density at radius 1 is 1.11 bits per heavy atom. The molecule has 1 aromatic carbocycles. The zero-order valence-corrected chi connectivity index (χ0v) is 11.9. The van der Waals surface area contributed by atoms with Crippen molar-refractivity contribution >= 4 is 10.9 Å². The van der Waals surface area contributed by atoms with Crippen LogP contribution in [0.25, 0.3) is 10.9 Å². The van der Waals surface area contributed by atoms with Gasteiger partial charge in [0.2, 0.25) is 0 Å². The molecule has 2 rings (SSSR count). The lowest BCUT2D eigenvalue weighted by Crippen LogP contribution is -2.22. The maximum absolute atomic E-state index is 3.51. The van der Waals surface area contributed by atoms with Crippen molar-refractivity contribution in [3.05, 3.63) is 36.0 Å². The van der Waals surface area contributed by atoms with Crippen LogP contribution < -0.4 is 5.32 Å². The number of rotatable bonds is 5. The summed E-state index contributed by atoms with van der Waals surface area (Å²) in [7, 11) is 0. The summed E-state index contributed by atoms with van der Waals surface area (Å²) in [6, 6.07) is 9.32. The molecule has 1 N–H and O–H groups in total. The van der Waals surface area contributed by atoms with Gasteiger partial charge in [-0.2, -0.15) is 0 Å². The molecule has 2 nitrogen and oxygen atoms in total. The van der Waals surface area contributed by atoms with Crippen LogP contribution in [0, 0.1) is 5.92 Å². The molecule has 1 heterocycles. The van der Waals surface area contributed by atoms with Crippen molar-refractivity contribution in [2.24, 2.45) is 5.92 Å². The summed E-state index contributed by atoms with van der Waals surface area (Å²) in [5.41, 5.74) is 2.78. The lowest BCUT2D eigenvalue weighted by molar-refractivity contribution is 0.532. The minimum Gasteiger partial charge on any atom is -0.347 e. The van der Waals surface area contributed by atoms with E-state index in [9.17, 15) is 0 Å². The van der Waals surface area contributed by atoms with Gasteiger partial charge in [0.05, 0.1) is 5.52 Å². The molecule has 0 aliphatic heterocycles. The van der Waals surface area contributed by atoms with Crippen molar-refractivity contribution in [1.82, 2.24) is 9.88 Å². The molecule has 0 saturated carbocycles. The molecule has 2 heteroatoms. The van der Waals surface area contributed by atoms with Crippen molar-refractivity contribution in [3.8, 4) is 0 Å². The smallest absolute Gasteiger partial charge is 0.0525 e. The fourth-order valence-corrected chi connectivity index (χ4v) is 2.34. The summed E-state index contributed by atoms with van der Waals surface area (Å²) < 4.78 is 2.39. The van der Waals surface area contributed by atoms with Gasteiger partial charge in [-0.15, -0.1) is 0 Å². The number of hydrogen-bond donors (Lipinski definition) is 1. The van der Waals surface area contributed by atoms with Crippen molar-refractivity contribution in [1.29, 1.82) is 0 Å². The van der Waals surface area contributed by atoms with Crippen LogP contribution in [0.3, 0.4) is 0 Å². The highest BCUT2D eigenvalue weighted by Gasteiger charge is 2.07. The second-order valence-corrected chi connectivity index (χ2v) is 5.75. The van der Waals surface area contributed by atoms with E-state index in [1.807, 2.05) is 0 Å². The third kappa shape index (κ3) is 2.94. The number of para-hydroxylation sites is 1. The standard InChI is InChI=1S/C16H24N2/c1-12(2)11-18-9-8-14-6-5-7-15(16(14)18)10-17-13(3)4/h5-9,12-13,17H,10-11H2,1-4H3. The number of nitrogens with one attached hydrogen (secondary N) is 1. The Morgan fingerprint density at radius 2 is 1.89 bits per heavy atom. The van der Waals surface area contributed by atoms with Crippen LogP contribution in [0.5, 0.6) is 0 Å². The average molecular weight is 244 g/mol. The molecule has 0 aliphatic rings.